The van der Waals surface area contributed by atoms with Gasteiger partial charge in [0, 0.05) is 21.3 Å². The number of halogens is 3. The quantitative estimate of drug-likeness (QED) is 0.881. The summed E-state index contributed by atoms with van der Waals surface area (Å²) in [5.41, 5.74) is 0.439. The van der Waals surface area contributed by atoms with Crippen LogP contribution in [0, 0.1) is 5.82 Å². The lowest BCUT2D eigenvalue weighted by Crippen LogP contribution is -2.21. The molecule has 0 aliphatic carbocycles. The summed E-state index contributed by atoms with van der Waals surface area (Å²) in [6.45, 7) is 0. The van der Waals surface area contributed by atoms with Gasteiger partial charge in [-0.05, 0) is 36.4 Å². The van der Waals surface area contributed by atoms with Crippen LogP contribution in [-0.4, -0.2) is 11.1 Å². The van der Waals surface area contributed by atoms with Gasteiger partial charge < -0.3 is 10.4 Å². The Morgan fingerprint density at radius 1 is 1.15 bits per heavy atom. The SMILES string of the molecule is O=C(O)C(Nc1cccc(Cl)c1)c1cc(Cl)ccc1F. The van der Waals surface area contributed by atoms with Crippen LogP contribution in [0.3, 0.4) is 0 Å². The van der Waals surface area contributed by atoms with Crippen molar-refractivity contribution < 1.29 is 14.3 Å². The summed E-state index contributed by atoms with van der Waals surface area (Å²) in [4.78, 5) is 11.3. The first-order valence-electron chi connectivity index (χ1n) is 5.67. The van der Waals surface area contributed by atoms with Crippen LogP contribution in [0.2, 0.25) is 10.0 Å². The minimum Gasteiger partial charge on any atom is -0.479 e. The van der Waals surface area contributed by atoms with Gasteiger partial charge in [-0.3, -0.25) is 0 Å². The average Bonchev–Trinajstić information content (AvgIpc) is 2.39. The van der Waals surface area contributed by atoms with E-state index in [1.807, 2.05) is 0 Å². The molecule has 3 nitrogen and oxygen atoms in total. The maximum absolute atomic E-state index is 13.8. The van der Waals surface area contributed by atoms with E-state index in [4.69, 9.17) is 23.2 Å². The molecule has 6 heteroatoms. The molecule has 0 bridgehead atoms. The highest BCUT2D eigenvalue weighted by molar-refractivity contribution is 6.31. The highest BCUT2D eigenvalue weighted by Gasteiger charge is 2.23. The molecule has 104 valence electrons. The minimum absolute atomic E-state index is 0.0371. The van der Waals surface area contributed by atoms with Crippen LogP contribution in [0.25, 0.3) is 0 Å². The maximum Gasteiger partial charge on any atom is 0.330 e. The molecule has 0 spiro atoms. The van der Waals surface area contributed by atoms with E-state index >= 15 is 0 Å². The van der Waals surface area contributed by atoms with Crippen LogP contribution >= 0.6 is 23.2 Å². The molecule has 2 aromatic rings. The zero-order chi connectivity index (χ0) is 14.7. The second kappa shape index (κ2) is 6.11. The Bertz CT molecular complexity index is 649. The van der Waals surface area contributed by atoms with Crippen LogP contribution in [0.5, 0.6) is 0 Å². The number of aliphatic carboxylic acids is 1. The number of carbonyl (C=O) groups is 1. The van der Waals surface area contributed by atoms with E-state index in [-0.39, 0.29) is 10.6 Å². The number of benzene rings is 2. The largest absolute Gasteiger partial charge is 0.479 e. The van der Waals surface area contributed by atoms with Crippen molar-refractivity contribution in [3.63, 3.8) is 0 Å². The summed E-state index contributed by atoms with van der Waals surface area (Å²) in [5, 5.41) is 12.7. The lowest BCUT2D eigenvalue weighted by atomic mass is 10.1. The fraction of sp³-hybridized carbons (Fsp3) is 0.0714. The molecule has 0 aliphatic heterocycles. The third-order valence-corrected chi connectivity index (χ3v) is 3.12. The number of nitrogens with one attached hydrogen (secondary N) is 1. The molecule has 1 unspecified atom stereocenters. The highest BCUT2D eigenvalue weighted by atomic mass is 35.5. The monoisotopic (exact) mass is 313 g/mol. The summed E-state index contributed by atoms with van der Waals surface area (Å²) < 4.78 is 13.8. The Kier molecular flexibility index (Phi) is 4.47. The van der Waals surface area contributed by atoms with Crippen molar-refractivity contribution in [2.75, 3.05) is 5.32 Å². The molecule has 0 amide bonds. The van der Waals surface area contributed by atoms with Crippen LogP contribution in [0.4, 0.5) is 10.1 Å². The van der Waals surface area contributed by atoms with Crippen molar-refractivity contribution in [3.8, 4) is 0 Å². The lowest BCUT2D eigenvalue weighted by molar-refractivity contribution is -0.138. The molecule has 2 N–H and O–H groups in total. The molecule has 0 aromatic heterocycles. The predicted octanol–water partition coefficient (Wildman–Crippen LogP) is 4.37. The number of hydrogen-bond acceptors (Lipinski definition) is 2. The third-order valence-electron chi connectivity index (χ3n) is 2.65. The first kappa shape index (κ1) is 14.6. The summed E-state index contributed by atoms with van der Waals surface area (Å²) in [6.07, 6.45) is 0. The first-order chi connectivity index (χ1) is 9.47. The van der Waals surface area contributed by atoms with Gasteiger partial charge in [-0.15, -0.1) is 0 Å². The summed E-state index contributed by atoms with van der Waals surface area (Å²) in [7, 11) is 0. The predicted molar refractivity (Wildman–Crippen MR) is 76.9 cm³/mol. The van der Waals surface area contributed by atoms with Crippen LogP contribution in [-0.2, 0) is 4.79 Å². The molecule has 0 saturated carbocycles. The van der Waals surface area contributed by atoms with Crippen molar-refractivity contribution in [2.24, 2.45) is 0 Å². The third kappa shape index (κ3) is 3.40. The Balaban J connectivity index is 2.37. The molecule has 0 aliphatic rings. The van der Waals surface area contributed by atoms with Gasteiger partial charge >= 0.3 is 5.97 Å². The van der Waals surface area contributed by atoms with E-state index in [1.54, 1.807) is 24.3 Å². The van der Waals surface area contributed by atoms with Gasteiger partial charge in [-0.2, -0.15) is 0 Å². The van der Waals surface area contributed by atoms with E-state index in [0.29, 0.717) is 10.7 Å². The van der Waals surface area contributed by atoms with Gasteiger partial charge in [-0.1, -0.05) is 29.3 Å². The fourth-order valence-electron chi connectivity index (χ4n) is 1.75. The molecule has 0 heterocycles. The van der Waals surface area contributed by atoms with Crippen LogP contribution in [0.15, 0.2) is 42.5 Å². The van der Waals surface area contributed by atoms with E-state index in [2.05, 4.69) is 5.32 Å². The van der Waals surface area contributed by atoms with Gasteiger partial charge in [0.25, 0.3) is 0 Å². The molecule has 0 saturated heterocycles. The van der Waals surface area contributed by atoms with Gasteiger partial charge in [0.05, 0.1) is 0 Å². The normalized spacial score (nSPS) is 11.9. The number of carboxylic acid groups (broad SMARTS) is 1. The van der Waals surface area contributed by atoms with Crippen molar-refractivity contribution in [1.82, 2.24) is 0 Å². The van der Waals surface area contributed by atoms with Crippen molar-refractivity contribution in [3.05, 3.63) is 63.9 Å². The molecule has 0 radical (unpaired) electrons. The van der Waals surface area contributed by atoms with E-state index in [0.717, 1.165) is 6.07 Å². The molecule has 1 atom stereocenters. The average molecular weight is 314 g/mol. The molecule has 2 rings (SSSR count). The van der Waals surface area contributed by atoms with E-state index in [9.17, 15) is 14.3 Å². The van der Waals surface area contributed by atoms with Crippen LogP contribution in [0.1, 0.15) is 11.6 Å². The Hall–Kier alpha value is -1.78. The van der Waals surface area contributed by atoms with Gasteiger partial charge in [-0.25, -0.2) is 9.18 Å². The van der Waals surface area contributed by atoms with Gasteiger partial charge in [0.2, 0.25) is 0 Å². The summed E-state index contributed by atoms with van der Waals surface area (Å²) in [6, 6.07) is 9.04. The molecule has 2 aromatic carbocycles. The zero-order valence-electron chi connectivity index (χ0n) is 10.1. The zero-order valence-corrected chi connectivity index (χ0v) is 11.6. The Morgan fingerprint density at radius 3 is 2.50 bits per heavy atom. The summed E-state index contributed by atoms with van der Waals surface area (Å²) in [5.74, 6) is -1.86. The number of rotatable bonds is 4. The van der Waals surface area contributed by atoms with Crippen LogP contribution < -0.4 is 5.32 Å². The smallest absolute Gasteiger partial charge is 0.330 e. The van der Waals surface area contributed by atoms with E-state index in [1.165, 1.54) is 12.1 Å². The van der Waals surface area contributed by atoms with E-state index < -0.39 is 17.8 Å². The fourth-order valence-corrected chi connectivity index (χ4v) is 2.12. The number of hydrogen-bond donors (Lipinski definition) is 2. The Morgan fingerprint density at radius 2 is 1.85 bits per heavy atom. The van der Waals surface area contributed by atoms with Gasteiger partial charge in [0.15, 0.2) is 6.04 Å². The molecule has 0 fully saturated rings. The number of anilines is 1. The Labute approximate surface area is 124 Å². The van der Waals surface area contributed by atoms with Crippen molar-refractivity contribution >= 4 is 34.9 Å². The second-order valence-electron chi connectivity index (χ2n) is 4.09. The lowest BCUT2D eigenvalue weighted by Gasteiger charge is -2.17. The van der Waals surface area contributed by atoms with Gasteiger partial charge in [0.1, 0.15) is 5.82 Å². The van der Waals surface area contributed by atoms with Crippen molar-refractivity contribution in [2.45, 2.75) is 6.04 Å². The highest BCUT2D eigenvalue weighted by Crippen LogP contribution is 2.26. The standard InChI is InChI=1S/C14H10Cl2FNO2/c15-8-2-1-3-10(6-8)18-13(14(19)20)11-7-9(16)4-5-12(11)17/h1-7,13,18H,(H,19,20). The molecular formula is C14H10Cl2FNO2. The molecule has 20 heavy (non-hydrogen) atoms. The molecular weight excluding hydrogens is 304 g/mol. The van der Waals surface area contributed by atoms with Crippen molar-refractivity contribution in [1.29, 1.82) is 0 Å². The number of carboxylic acids is 1. The second-order valence-corrected chi connectivity index (χ2v) is 4.96. The summed E-state index contributed by atoms with van der Waals surface area (Å²) >= 11 is 11.6. The minimum atomic E-state index is -1.26. The first-order valence-corrected chi connectivity index (χ1v) is 6.43. The maximum atomic E-state index is 13.8. The topological polar surface area (TPSA) is 49.3 Å².